The summed E-state index contributed by atoms with van der Waals surface area (Å²) in [6.45, 7) is -1.36. The molecule has 0 bridgehead atoms. The van der Waals surface area contributed by atoms with Gasteiger partial charge in [0.15, 0.2) is 0 Å². The Morgan fingerprint density at radius 2 is 1.90 bits per heavy atom. The molecule has 0 unspecified atom stereocenters. The van der Waals surface area contributed by atoms with E-state index in [9.17, 15) is 18.0 Å². The van der Waals surface area contributed by atoms with Gasteiger partial charge in [-0.3, -0.25) is 0 Å². The van der Waals surface area contributed by atoms with E-state index in [4.69, 9.17) is 5.11 Å². The van der Waals surface area contributed by atoms with Crippen molar-refractivity contribution in [1.82, 2.24) is 0 Å². The first-order valence-corrected chi connectivity index (χ1v) is 5.96. The fraction of sp³-hybridized carbons (Fsp3) is 0.133. The number of alkyl halides is 2. The summed E-state index contributed by atoms with van der Waals surface area (Å²) < 4.78 is 42.6. The van der Waals surface area contributed by atoms with Gasteiger partial charge < -0.3 is 9.84 Å². The second-order valence-electron chi connectivity index (χ2n) is 4.41. The van der Waals surface area contributed by atoms with Gasteiger partial charge in [0.1, 0.15) is 11.6 Å². The molecule has 0 saturated heterocycles. The quantitative estimate of drug-likeness (QED) is 0.924. The molecular formula is C15H11F3O3. The number of aryl methyl sites for hydroxylation is 1. The van der Waals surface area contributed by atoms with Crippen LogP contribution in [-0.2, 0) is 0 Å². The third kappa shape index (κ3) is 3.53. The van der Waals surface area contributed by atoms with Crippen molar-refractivity contribution in [3.8, 4) is 16.9 Å². The predicted octanol–water partition coefficient (Wildman–Crippen LogP) is 4.10. The zero-order chi connectivity index (χ0) is 15.6. The third-order valence-electron chi connectivity index (χ3n) is 2.81. The summed E-state index contributed by atoms with van der Waals surface area (Å²) in [6.07, 6.45) is 0. The van der Waals surface area contributed by atoms with E-state index in [0.717, 1.165) is 11.6 Å². The molecule has 21 heavy (non-hydrogen) atoms. The van der Waals surface area contributed by atoms with Gasteiger partial charge in [-0.05, 0) is 42.8 Å². The summed E-state index contributed by atoms with van der Waals surface area (Å²) in [5, 5.41) is 9.00. The third-order valence-corrected chi connectivity index (χ3v) is 2.81. The van der Waals surface area contributed by atoms with E-state index in [-0.39, 0.29) is 22.4 Å². The lowest BCUT2D eigenvalue weighted by Gasteiger charge is -2.10. The molecule has 0 aromatic heterocycles. The van der Waals surface area contributed by atoms with Crippen molar-refractivity contribution in [2.24, 2.45) is 0 Å². The van der Waals surface area contributed by atoms with Gasteiger partial charge in [0, 0.05) is 5.56 Å². The second-order valence-corrected chi connectivity index (χ2v) is 4.41. The number of hydrogen-bond donors (Lipinski definition) is 1. The van der Waals surface area contributed by atoms with E-state index in [1.165, 1.54) is 24.3 Å². The molecule has 1 N–H and O–H groups in total. The van der Waals surface area contributed by atoms with Gasteiger partial charge in [-0.1, -0.05) is 11.6 Å². The van der Waals surface area contributed by atoms with Crippen LogP contribution in [0.5, 0.6) is 5.75 Å². The Bertz CT molecular complexity index is 684. The molecule has 0 aliphatic carbocycles. The maximum Gasteiger partial charge on any atom is 0.387 e. The number of hydrogen-bond acceptors (Lipinski definition) is 2. The first-order chi connectivity index (χ1) is 9.86. The Morgan fingerprint density at radius 3 is 2.52 bits per heavy atom. The molecule has 0 fully saturated rings. The average molecular weight is 296 g/mol. The van der Waals surface area contributed by atoms with Crippen LogP contribution in [0.2, 0.25) is 0 Å². The fourth-order valence-electron chi connectivity index (χ4n) is 1.91. The van der Waals surface area contributed by atoms with Crippen molar-refractivity contribution in [3.63, 3.8) is 0 Å². The summed E-state index contributed by atoms with van der Waals surface area (Å²) in [6, 6.07) is 7.63. The maximum absolute atomic E-state index is 13.8. The van der Waals surface area contributed by atoms with Crippen LogP contribution in [0.15, 0.2) is 36.4 Å². The van der Waals surface area contributed by atoms with Gasteiger partial charge in [0.25, 0.3) is 0 Å². The molecule has 2 aromatic rings. The number of rotatable bonds is 4. The molecule has 6 heteroatoms. The van der Waals surface area contributed by atoms with E-state index in [2.05, 4.69) is 4.74 Å². The number of ether oxygens (including phenoxy) is 1. The fourth-order valence-corrected chi connectivity index (χ4v) is 1.91. The Kier molecular flexibility index (Phi) is 4.16. The molecule has 3 nitrogen and oxygen atoms in total. The van der Waals surface area contributed by atoms with Crippen molar-refractivity contribution in [1.29, 1.82) is 0 Å². The smallest absolute Gasteiger partial charge is 0.387 e. The van der Waals surface area contributed by atoms with Crippen molar-refractivity contribution in [3.05, 3.63) is 53.3 Å². The Balaban J connectivity index is 2.59. The summed E-state index contributed by atoms with van der Waals surface area (Å²) in [5.74, 6) is -2.23. The zero-order valence-corrected chi connectivity index (χ0v) is 10.9. The van der Waals surface area contributed by atoms with Crippen LogP contribution in [0.3, 0.4) is 0 Å². The normalized spacial score (nSPS) is 10.7. The van der Waals surface area contributed by atoms with E-state index in [1.54, 1.807) is 13.0 Å². The van der Waals surface area contributed by atoms with Crippen LogP contribution in [0.25, 0.3) is 11.1 Å². The monoisotopic (exact) mass is 296 g/mol. The molecule has 0 aliphatic rings. The topological polar surface area (TPSA) is 46.5 Å². The van der Waals surface area contributed by atoms with Crippen LogP contribution in [0.4, 0.5) is 13.2 Å². The molecule has 110 valence electrons. The summed E-state index contributed by atoms with van der Waals surface area (Å²) >= 11 is 0. The van der Waals surface area contributed by atoms with Crippen molar-refractivity contribution in [2.45, 2.75) is 13.5 Å². The van der Waals surface area contributed by atoms with Gasteiger partial charge in [-0.25, -0.2) is 9.18 Å². The Labute approximate surface area is 118 Å². The average Bonchev–Trinajstić information content (AvgIpc) is 2.40. The number of halogens is 3. The second kappa shape index (κ2) is 5.87. The SMILES string of the molecule is Cc1ccc(F)c(-c2cc(OC(F)F)cc(C(=O)O)c2)c1. The number of carboxylic acid groups (broad SMARTS) is 1. The molecule has 0 atom stereocenters. The minimum atomic E-state index is -3.09. The van der Waals surface area contributed by atoms with Crippen LogP contribution >= 0.6 is 0 Å². The first-order valence-electron chi connectivity index (χ1n) is 5.96. The van der Waals surface area contributed by atoms with E-state index < -0.39 is 18.4 Å². The summed E-state index contributed by atoms with van der Waals surface area (Å²) in [5.41, 5.74) is 0.775. The number of carbonyl (C=O) groups is 1. The first kappa shape index (κ1) is 14.9. The largest absolute Gasteiger partial charge is 0.478 e. The highest BCUT2D eigenvalue weighted by atomic mass is 19.3. The molecule has 2 rings (SSSR count). The van der Waals surface area contributed by atoms with Crippen molar-refractivity contribution < 1.29 is 27.8 Å². The number of benzene rings is 2. The highest BCUT2D eigenvalue weighted by Crippen LogP contribution is 2.29. The van der Waals surface area contributed by atoms with Crippen molar-refractivity contribution in [2.75, 3.05) is 0 Å². The minimum absolute atomic E-state index is 0.122. The lowest BCUT2D eigenvalue weighted by atomic mass is 10.0. The van der Waals surface area contributed by atoms with Gasteiger partial charge in [0.2, 0.25) is 0 Å². The predicted molar refractivity (Wildman–Crippen MR) is 70.2 cm³/mol. The van der Waals surface area contributed by atoms with Gasteiger partial charge >= 0.3 is 12.6 Å². The molecule has 0 radical (unpaired) electrons. The lowest BCUT2D eigenvalue weighted by molar-refractivity contribution is -0.0498. The molecule has 0 saturated carbocycles. The van der Waals surface area contributed by atoms with E-state index in [0.29, 0.717) is 0 Å². The molecular weight excluding hydrogens is 285 g/mol. The van der Waals surface area contributed by atoms with Crippen LogP contribution in [-0.4, -0.2) is 17.7 Å². The number of aromatic carboxylic acids is 1. The number of carboxylic acids is 1. The lowest BCUT2D eigenvalue weighted by Crippen LogP contribution is -2.04. The van der Waals surface area contributed by atoms with Gasteiger partial charge in [-0.2, -0.15) is 8.78 Å². The summed E-state index contributed by atoms with van der Waals surface area (Å²) in [7, 11) is 0. The standard InChI is InChI=1S/C15H11F3O3/c1-8-2-3-13(16)12(4-8)9-5-10(14(19)20)7-11(6-9)21-15(17)18/h2-7,15H,1H3,(H,19,20). The molecule has 0 heterocycles. The molecule has 2 aromatic carbocycles. The Hall–Kier alpha value is -2.50. The maximum atomic E-state index is 13.8. The highest BCUT2D eigenvalue weighted by molar-refractivity contribution is 5.90. The van der Waals surface area contributed by atoms with Gasteiger partial charge in [-0.15, -0.1) is 0 Å². The molecule has 0 amide bonds. The van der Waals surface area contributed by atoms with E-state index in [1.807, 2.05) is 0 Å². The van der Waals surface area contributed by atoms with Crippen LogP contribution in [0, 0.1) is 12.7 Å². The molecule has 0 spiro atoms. The Morgan fingerprint density at radius 1 is 1.19 bits per heavy atom. The zero-order valence-electron chi connectivity index (χ0n) is 10.9. The van der Waals surface area contributed by atoms with Gasteiger partial charge in [0.05, 0.1) is 5.56 Å². The minimum Gasteiger partial charge on any atom is -0.478 e. The van der Waals surface area contributed by atoms with Crippen molar-refractivity contribution >= 4 is 5.97 Å². The van der Waals surface area contributed by atoms with Crippen LogP contribution in [0.1, 0.15) is 15.9 Å². The molecule has 0 aliphatic heterocycles. The highest BCUT2D eigenvalue weighted by Gasteiger charge is 2.14. The van der Waals surface area contributed by atoms with E-state index >= 15 is 0 Å². The van der Waals surface area contributed by atoms with Crippen LogP contribution < -0.4 is 4.74 Å². The summed E-state index contributed by atoms with van der Waals surface area (Å²) in [4.78, 5) is 11.0.